The highest BCUT2D eigenvalue weighted by Crippen LogP contribution is 2.29. The number of amides is 1. The molecule has 0 bridgehead atoms. The lowest BCUT2D eigenvalue weighted by Crippen LogP contribution is -2.42. The van der Waals surface area contributed by atoms with E-state index in [1.54, 1.807) is 19.5 Å². The fourth-order valence-electron chi connectivity index (χ4n) is 4.30. The van der Waals surface area contributed by atoms with E-state index in [4.69, 9.17) is 14.5 Å². The van der Waals surface area contributed by atoms with E-state index in [0.29, 0.717) is 26.1 Å². The van der Waals surface area contributed by atoms with E-state index < -0.39 is 0 Å². The smallest absolute Gasteiger partial charge is 0.222 e. The first-order valence-electron chi connectivity index (χ1n) is 10.6. The molecule has 4 rings (SSSR count). The number of morpholine rings is 1. The van der Waals surface area contributed by atoms with Crippen molar-refractivity contribution < 1.29 is 14.3 Å². The van der Waals surface area contributed by atoms with Crippen LogP contribution in [0.3, 0.4) is 0 Å². The minimum Gasteiger partial charge on any atom is -0.497 e. The summed E-state index contributed by atoms with van der Waals surface area (Å²) in [5, 5.41) is 0. The number of hydrogen-bond donors (Lipinski definition) is 0. The van der Waals surface area contributed by atoms with Gasteiger partial charge in [0.05, 0.1) is 44.0 Å². The first kappa shape index (κ1) is 19.8. The van der Waals surface area contributed by atoms with Crippen molar-refractivity contribution in [3.8, 4) is 17.0 Å². The molecule has 29 heavy (non-hydrogen) atoms. The molecule has 6 heteroatoms. The molecular formula is C23H29N3O3. The average Bonchev–Trinajstić information content (AvgIpc) is 3.31. The van der Waals surface area contributed by atoms with Gasteiger partial charge in [-0.25, -0.2) is 4.98 Å². The number of rotatable bonds is 6. The van der Waals surface area contributed by atoms with Crippen LogP contribution < -0.4 is 4.74 Å². The lowest BCUT2D eigenvalue weighted by atomic mass is 10.0. The lowest BCUT2D eigenvalue weighted by molar-refractivity contribution is -0.139. The van der Waals surface area contributed by atoms with Crippen LogP contribution in [0.2, 0.25) is 0 Å². The molecule has 2 heterocycles. The molecule has 0 spiro atoms. The number of methoxy groups -OCH3 is 1. The van der Waals surface area contributed by atoms with Crippen molar-refractivity contribution in [1.82, 2.24) is 14.9 Å². The predicted molar refractivity (Wildman–Crippen MR) is 110 cm³/mol. The SMILES string of the molecule is COc1cccc(-c2cncc([C@H]3CN(C(=O)CCC4CCCC4)CCO3)n2)c1. The Morgan fingerprint density at radius 1 is 1.28 bits per heavy atom. The summed E-state index contributed by atoms with van der Waals surface area (Å²) in [6.45, 7) is 1.73. The van der Waals surface area contributed by atoms with E-state index in [-0.39, 0.29) is 12.0 Å². The van der Waals surface area contributed by atoms with Crippen molar-refractivity contribution in [3.05, 3.63) is 42.4 Å². The zero-order chi connectivity index (χ0) is 20.1. The zero-order valence-corrected chi connectivity index (χ0v) is 17.0. The predicted octanol–water partition coefficient (Wildman–Crippen LogP) is 4.02. The van der Waals surface area contributed by atoms with Crippen LogP contribution in [-0.4, -0.2) is 47.6 Å². The Morgan fingerprint density at radius 3 is 2.97 bits per heavy atom. The number of carbonyl (C=O) groups is 1. The lowest BCUT2D eigenvalue weighted by Gasteiger charge is -2.33. The Morgan fingerprint density at radius 2 is 2.14 bits per heavy atom. The van der Waals surface area contributed by atoms with Gasteiger partial charge < -0.3 is 14.4 Å². The van der Waals surface area contributed by atoms with Crippen LogP contribution in [0.15, 0.2) is 36.7 Å². The topological polar surface area (TPSA) is 64.5 Å². The van der Waals surface area contributed by atoms with Crippen LogP contribution >= 0.6 is 0 Å². The van der Waals surface area contributed by atoms with Gasteiger partial charge in [0.2, 0.25) is 5.91 Å². The minimum atomic E-state index is -0.239. The molecule has 2 aromatic rings. The van der Waals surface area contributed by atoms with Crippen LogP contribution in [0.1, 0.15) is 50.3 Å². The minimum absolute atomic E-state index is 0.238. The van der Waals surface area contributed by atoms with E-state index in [9.17, 15) is 4.79 Å². The Labute approximate surface area is 172 Å². The van der Waals surface area contributed by atoms with Crippen molar-refractivity contribution >= 4 is 5.91 Å². The van der Waals surface area contributed by atoms with Crippen molar-refractivity contribution in [1.29, 1.82) is 0 Å². The van der Waals surface area contributed by atoms with Crippen molar-refractivity contribution in [2.45, 2.75) is 44.6 Å². The van der Waals surface area contributed by atoms with Gasteiger partial charge in [0, 0.05) is 18.5 Å². The highest BCUT2D eigenvalue weighted by molar-refractivity contribution is 5.76. The molecule has 1 aliphatic carbocycles. The highest BCUT2D eigenvalue weighted by Gasteiger charge is 2.27. The third-order valence-electron chi connectivity index (χ3n) is 6.01. The van der Waals surface area contributed by atoms with Gasteiger partial charge in [-0.2, -0.15) is 0 Å². The molecule has 1 amide bonds. The maximum atomic E-state index is 12.7. The van der Waals surface area contributed by atoms with E-state index in [1.165, 1.54) is 25.7 Å². The Hall–Kier alpha value is -2.47. The fourth-order valence-corrected chi connectivity index (χ4v) is 4.30. The average molecular weight is 396 g/mol. The Kier molecular flexibility index (Phi) is 6.39. The molecule has 1 saturated carbocycles. The Bertz CT molecular complexity index is 836. The van der Waals surface area contributed by atoms with Crippen molar-refractivity contribution in [2.75, 3.05) is 26.8 Å². The molecule has 1 saturated heterocycles. The van der Waals surface area contributed by atoms with Gasteiger partial charge in [0.25, 0.3) is 0 Å². The second-order valence-electron chi connectivity index (χ2n) is 7.95. The van der Waals surface area contributed by atoms with E-state index >= 15 is 0 Å². The molecule has 0 N–H and O–H groups in total. The molecule has 2 aliphatic rings. The molecule has 6 nitrogen and oxygen atoms in total. The third-order valence-corrected chi connectivity index (χ3v) is 6.01. The van der Waals surface area contributed by atoms with E-state index in [2.05, 4.69) is 4.98 Å². The monoisotopic (exact) mass is 395 g/mol. The number of nitrogens with zero attached hydrogens (tertiary/aromatic N) is 3. The maximum Gasteiger partial charge on any atom is 0.222 e. The number of hydrogen-bond acceptors (Lipinski definition) is 5. The van der Waals surface area contributed by atoms with Gasteiger partial charge in [-0.1, -0.05) is 37.8 Å². The van der Waals surface area contributed by atoms with Crippen molar-refractivity contribution in [3.63, 3.8) is 0 Å². The summed E-state index contributed by atoms with van der Waals surface area (Å²) >= 11 is 0. The van der Waals surface area contributed by atoms with Gasteiger partial charge in [-0.3, -0.25) is 9.78 Å². The molecule has 0 unspecified atom stereocenters. The summed E-state index contributed by atoms with van der Waals surface area (Å²) in [7, 11) is 1.65. The van der Waals surface area contributed by atoms with Gasteiger partial charge >= 0.3 is 0 Å². The second-order valence-corrected chi connectivity index (χ2v) is 7.95. The normalized spacial score (nSPS) is 20.0. The first-order chi connectivity index (χ1) is 14.2. The van der Waals surface area contributed by atoms with E-state index in [1.807, 2.05) is 29.2 Å². The number of carbonyl (C=O) groups excluding carboxylic acids is 1. The van der Waals surface area contributed by atoms with Gasteiger partial charge in [0.15, 0.2) is 0 Å². The molecule has 154 valence electrons. The Balaban J connectivity index is 1.42. The van der Waals surface area contributed by atoms with Crippen LogP contribution in [-0.2, 0) is 9.53 Å². The molecule has 1 atom stereocenters. The zero-order valence-electron chi connectivity index (χ0n) is 17.0. The van der Waals surface area contributed by atoms with Crippen LogP contribution in [0, 0.1) is 5.92 Å². The highest BCUT2D eigenvalue weighted by atomic mass is 16.5. The van der Waals surface area contributed by atoms with Crippen LogP contribution in [0.5, 0.6) is 5.75 Å². The summed E-state index contributed by atoms with van der Waals surface area (Å²) in [4.78, 5) is 23.8. The number of aromatic nitrogens is 2. The molecule has 1 aliphatic heterocycles. The molecule has 2 fully saturated rings. The second kappa shape index (κ2) is 9.35. The third kappa shape index (κ3) is 4.93. The summed E-state index contributed by atoms with van der Waals surface area (Å²) in [5.41, 5.74) is 2.48. The number of ether oxygens (including phenoxy) is 2. The summed E-state index contributed by atoms with van der Waals surface area (Å²) in [6.07, 6.45) is 10.1. The van der Waals surface area contributed by atoms with Gasteiger partial charge in [-0.05, 0) is 24.5 Å². The van der Waals surface area contributed by atoms with Crippen LogP contribution in [0.4, 0.5) is 0 Å². The summed E-state index contributed by atoms with van der Waals surface area (Å²) < 4.78 is 11.2. The van der Waals surface area contributed by atoms with Crippen molar-refractivity contribution in [2.24, 2.45) is 5.92 Å². The first-order valence-corrected chi connectivity index (χ1v) is 10.6. The van der Waals surface area contributed by atoms with Gasteiger partial charge in [-0.15, -0.1) is 0 Å². The van der Waals surface area contributed by atoms with Crippen LogP contribution in [0.25, 0.3) is 11.3 Å². The summed E-state index contributed by atoms with van der Waals surface area (Å²) in [5.74, 6) is 1.76. The number of benzene rings is 1. The molecular weight excluding hydrogens is 366 g/mol. The largest absolute Gasteiger partial charge is 0.497 e. The molecule has 1 aromatic heterocycles. The van der Waals surface area contributed by atoms with E-state index in [0.717, 1.165) is 35.0 Å². The fraction of sp³-hybridized carbons (Fsp3) is 0.522. The maximum absolute atomic E-state index is 12.7. The quantitative estimate of drug-likeness (QED) is 0.739. The van der Waals surface area contributed by atoms with Gasteiger partial charge in [0.1, 0.15) is 11.9 Å². The standard InChI is InChI=1S/C23H29N3O3/c1-28-19-8-4-7-18(13-19)20-14-24-15-21(25-20)22-16-26(11-12-29-22)23(27)10-9-17-5-2-3-6-17/h4,7-8,13-15,17,22H,2-3,5-6,9-12,16H2,1H3/t22-/m1/s1. The molecule has 0 radical (unpaired) electrons. The molecule has 1 aromatic carbocycles. The summed E-state index contributed by atoms with van der Waals surface area (Å²) in [6, 6.07) is 7.76.